The Labute approximate surface area is 115 Å². The molecule has 102 valence electrons. The standard InChI is InChI=1S/C15H23ClFN/c1-3-4-5-6-7-8-12(2)18-15-11-13(16)9-10-14(15)17/h9-12,18H,3-8H2,1-2H3. The lowest BCUT2D eigenvalue weighted by atomic mass is 10.1. The van der Waals surface area contributed by atoms with Crippen molar-refractivity contribution in [3.05, 3.63) is 29.0 Å². The number of rotatable bonds is 8. The first-order valence-electron chi connectivity index (χ1n) is 6.85. The highest BCUT2D eigenvalue weighted by Gasteiger charge is 2.06. The van der Waals surface area contributed by atoms with Crippen LogP contribution in [0.25, 0.3) is 0 Å². The summed E-state index contributed by atoms with van der Waals surface area (Å²) in [6.07, 6.45) is 7.39. The van der Waals surface area contributed by atoms with Crippen molar-refractivity contribution >= 4 is 17.3 Å². The molecule has 0 saturated heterocycles. The maximum Gasteiger partial charge on any atom is 0.146 e. The van der Waals surface area contributed by atoms with Crippen LogP contribution >= 0.6 is 11.6 Å². The molecule has 0 bridgehead atoms. The quantitative estimate of drug-likeness (QED) is 0.603. The lowest BCUT2D eigenvalue weighted by Gasteiger charge is -2.16. The molecule has 1 aromatic carbocycles. The minimum atomic E-state index is -0.239. The lowest BCUT2D eigenvalue weighted by Crippen LogP contribution is -2.15. The van der Waals surface area contributed by atoms with Gasteiger partial charge >= 0.3 is 0 Å². The van der Waals surface area contributed by atoms with Crippen LogP contribution in [0.2, 0.25) is 5.02 Å². The van der Waals surface area contributed by atoms with Gasteiger partial charge < -0.3 is 5.32 Å². The molecule has 1 nitrogen and oxygen atoms in total. The minimum absolute atomic E-state index is 0.239. The maximum absolute atomic E-state index is 13.5. The van der Waals surface area contributed by atoms with Crippen molar-refractivity contribution in [3.8, 4) is 0 Å². The van der Waals surface area contributed by atoms with Gasteiger partial charge in [-0.2, -0.15) is 0 Å². The molecule has 1 rings (SSSR count). The van der Waals surface area contributed by atoms with Crippen molar-refractivity contribution in [1.82, 2.24) is 0 Å². The van der Waals surface area contributed by atoms with E-state index in [1.54, 1.807) is 12.1 Å². The third-order valence-corrected chi connectivity index (χ3v) is 3.31. The fraction of sp³-hybridized carbons (Fsp3) is 0.600. The number of anilines is 1. The molecule has 1 unspecified atom stereocenters. The molecule has 1 atom stereocenters. The van der Waals surface area contributed by atoms with Crippen LogP contribution in [0, 0.1) is 5.82 Å². The summed E-state index contributed by atoms with van der Waals surface area (Å²) in [6.45, 7) is 4.30. The first kappa shape index (κ1) is 15.3. The van der Waals surface area contributed by atoms with Crippen molar-refractivity contribution in [2.45, 2.75) is 58.4 Å². The summed E-state index contributed by atoms with van der Waals surface area (Å²) >= 11 is 5.86. The number of nitrogens with one attached hydrogen (secondary N) is 1. The van der Waals surface area contributed by atoms with Gasteiger partial charge in [0.05, 0.1) is 5.69 Å². The zero-order valence-electron chi connectivity index (χ0n) is 11.3. The summed E-state index contributed by atoms with van der Waals surface area (Å²) in [4.78, 5) is 0. The number of hydrogen-bond donors (Lipinski definition) is 1. The van der Waals surface area contributed by atoms with Crippen molar-refractivity contribution in [2.24, 2.45) is 0 Å². The summed E-state index contributed by atoms with van der Waals surface area (Å²) in [5.74, 6) is -0.239. The number of benzene rings is 1. The second-order valence-electron chi connectivity index (χ2n) is 4.87. The van der Waals surface area contributed by atoms with Gasteiger partial charge in [-0.1, -0.05) is 50.6 Å². The van der Waals surface area contributed by atoms with Crippen LogP contribution in [0.15, 0.2) is 18.2 Å². The van der Waals surface area contributed by atoms with Gasteiger partial charge in [-0.05, 0) is 31.5 Å². The van der Waals surface area contributed by atoms with E-state index >= 15 is 0 Å². The van der Waals surface area contributed by atoms with E-state index in [-0.39, 0.29) is 11.9 Å². The highest BCUT2D eigenvalue weighted by Crippen LogP contribution is 2.21. The van der Waals surface area contributed by atoms with Gasteiger partial charge in [0.1, 0.15) is 5.82 Å². The Morgan fingerprint density at radius 2 is 1.94 bits per heavy atom. The van der Waals surface area contributed by atoms with Crippen LogP contribution in [0.4, 0.5) is 10.1 Å². The fourth-order valence-electron chi connectivity index (χ4n) is 2.00. The summed E-state index contributed by atoms with van der Waals surface area (Å²) in [6, 6.07) is 4.89. The van der Waals surface area contributed by atoms with Crippen molar-refractivity contribution in [3.63, 3.8) is 0 Å². The molecule has 18 heavy (non-hydrogen) atoms. The van der Waals surface area contributed by atoms with E-state index < -0.39 is 0 Å². The molecule has 3 heteroatoms. The van der Waals surface area contributed by atoms with E-state index in [4.69, 9.17) is 11.6 Å². The second-order valence-corrected chi connectivity index (χ2v) is 5.31. The van der Waals surface area contributed by atoms with Gasteiger partial charge in [0, 0.05) is 11.1 Å². The molecular weight excluding hydrogens is 249 g/mol. The Morgan fingerprint density at radius 1 is 1.22 bits per heavy atom. The Bertz CT molecular complexity index is 354. The zero-order chi connectivity index (χ0) is 13.4. The average Bonchev–Trinajstić information content (AvgIpc) is 2.33. The minimum Gasteiger partial charge on any atom is -0.380 e. The smallest absolute Gasteiger partial charge is 0.146 e. The van der Waals surface area contributed by atoms with Crippen molar-refractivity contribution in [2.75, 3.05) is 5.32 Å². The Morgan fingerprint density at radius 3 is 2.67 bits per heavy atom. The van der Waals surface area contributed by atoms with Crippen LogP contribution in [-0.2, 0) is 0 Å². The third kappa shape index (κ3) is 5.72. The monoisotopic (exact) mass is 271 g/mol. The summed E-state index contributed by atoms with van der Waals surface area (Å²) in [5.41, 5.74) is 0.503. The highest BCUT2D eigenvalue weighted by molar-refractivity contribution is 6.30. The van der Waals surface area contributed by atoms with Gasteiger partial charge in [0.15, 0.2) is 0 Å². The molecule has 0 aliphatic carbocycles. The largest absolute Gasteiger partial charge is 0.380 e. The van der Waals surface area contributed by atoms with Gasteiger partial charge in [-0.3, -0.25) is 0 Å². The highest BCUT2D eigenvalue weighted by atomic mass is 35.5. The van der Waals surface area contributed by atoms with E-state index in [0.717, 1.165) is 6.42 Å². The first-order chi connectivity index (χ1) is 8.63. The van der Waals surface area contributed by atoms with Crippen molar-refractivity contribution in [1.29, 1.82) is 0 Å². The lowest BCUT2D eigenvalue weighted by molar-refractivity contribution is 0.573. The maximum atomic E-state index is 13.5. The van der Waals surface area contributed by atoms with Crippen LogP contribution in [0.5, 0.6) is 0 Å². The summed E-state index contributed by atoms with van der Waals surface area (Å²) in [5, 5.41) is 3.75. The molecular formula is C15H23ClFN. The molecule has 0 amide bonds. The van der Waals surface area contributed by atoms with E-state index in [0.29, 0.717) is 10.7 Å². The molecule has 1 aromatic rings. The molecule has 1 N–H and O–H groups in total. The van der Waals surface area contributed by atoms with Crippen LogP contribution in [0.3, 0.4) is 0 Å². The number of halogens is 2. The van der Waals surface area contributed by atoms with Gasteiger partial charge in [-0.25, -0.2) is 4.39 Å². The Balaban J connectivity index is 2.30. The molecule has 0 aliphatic rings. The van der Waals surface area contributed by atoms with E-state index in [1.807, 2.05) is 0 Å². The first-order valence-corrected chi connectivity index (χ1v) is 7.23. The van der Waals surface area contributed by atoms with Gasteiger partial charge in [0.25, 0.3) is 0 Å². The van der Waals surface area contributed by atoms with E-state index in [9.17, 15) is 4.39 Å². The number of unbranched alkanes of at least 4 members (excludes halogenated alkanes) is 4. The fourth-order valence-corrected chi connectivity index (χ4v) is 2.17. The van der Waals surface area contributed by atoms with Gasteiger partial charge in [-0.15, -0.1) is 0 Å². The molecule has 0 saturated carbocycles. The van der Waals surface area contributed by atoms with E-state index in [1.165, 1.54) is 38.2 Å². The predicted molar refractivity (Wildman–Crippen MR) is 77.9 cm³/mol. The number of hydrogen-bond acceptors (Lipinski definition) is 1. The molecule has 0 fully saturated rings. The molecule has 0 aliphatic heterocycles. The topological polar surface area (TPSA) is 12.0 Å². The normalized spacial score (nSPS) is 12.4. The van der Waals surface area contributed by atoms with Crippen LogP contribution in [0.1, 0.15) is 52.4 Å². The molecule has 0 aromatic heterocycles. The molecule has 0 spiro atoms. The Hall–Kier alpha value is -0.760. The summed E-state index contributed by atoms with van der Waals surface area (Å²) in [7, 11) is 0. The van der Waals surface area contributed by atoms with Crippen LogP contribution in [-0.4, -0.2) is 6.04 Å². The molecule has 0 heterocycles. The second kappa shape index (κ2) is 8.36. The van der Waals surface area contributed by atoms with Gasteiger partial charge in [0.2, 0.25) is 0 Å². The Kier molecular flexibility index (Phi) is 7.11. The van der Waals surface area contributed by atoms with E-state index in [2.05, 4.69) is 19.2 Å². The van der Waals surface area contributed by atoms with Crippen molar-refractivity contribution < 1.29 is 4.39 Å². The van der Waals surface area contributed by atoms with Crippen LogP contribution < -0.4 is 5.32 Å². The SMILES string of the molecule is CCCCCCCC(C)Nc1cc(Cl)ccc1F. The summed E-state index contributed by atoms with van der Waals surface area (Å²) < 4.78 is 13.5. The predicted octanol–water partition coefficient (Wildman–Crippen LogP) is 5.64. The third-order valence-electron chi connectivity index (χ3n) is 3.07. The zero-order valence-corrected chi connectivity index (χ0v) is 12.1. The average molecular weight is 272 g/mol. The molecule has 0 radical (unpaired) electrons.